The molecule has 2 fully saturated rings. The number of piperidine rings is 1. The van der Waals surface area contributed by atoms with Crippen LogP contribution in [0.25, 0.3) is 0 Å². The van der Waals surface area contributed by atoms with E-state index in [2.05, 4.69) is 0 Å². The maximum Gasteiger partial charge on any atom is 0.241 e. The Morgan fingerprint density at radius 1 is 1.55 bits per heavy atom. The lowest BCUT2D eigenvalue weighted by molar-refractivity contribution is -0.126. The Morgan fingerprint density at radius 2 is 2.30 bits per heavy atom. The van der Waals surface area contributed by atoms with Gasteiger partial charge in [-0.1, -0.05) is 0 Å². The molecule has 4 nitrogen and oxygen atoms in total. The maximum atomic E-state index is 12.4. The summed E-state index contributed by atoms with van der Waals surface area (Å²) in [6.45, 7) is 2.74. The fraction of sp³-hybridized carbons (Fsp3) is 0.467. The Hall–Kier alpha value is -1.55. The lowest BCUT2D eigenvalue weighted by Crippen LogP contribution is -2.34. The number of halogens is 1. The van der Waals surface area contributed by atoms with Gasteiger partial charge in [-0.15, -0.1) is 11.6 Å². The van der Waals surface area contributed by atoms with Crippen LogP contribution in [0.1, 0.15) is 28.0 Å². The van der Waals surface area contributed by atoms with E-state index in [4.69, 9.17) is 11.6 Å². The van der Waals surface area contributed by atoms with E-state index in [0.717, 1.165) is 28.9 Å². The number of amides is 1. The molecule has 104 valence electrons. The van der Waals surface area contributed by atoms with Crippen LogP contribution in [0.3, 0.4) is 0 Å². The molecule has 1 spiro atoms. The van der Waals surface area contributed by atoms with Crippen molar-refractivity contribution in [1.29, 1.82) is 0 Å². The SMILES string of the molecule is Cc1cn(C)c2c1[C@@]13C[C@@H]1CN(C(=O)CCl)C3=CC2=O. The Bertz CT molecular complexity index is 703. The van der Waals surface area contributed by atoms with Gasteiger partial charge in [-0.25, -0.2) is 0 Å². The smallest absolute Gasteiger partial charge is 0.241 e. The maximum absolute atomic E-state index is 12.4. The largest absolute Gasteiger partial charge is 0.347 e. The normalized spacial score (nSPS) is 29.8. The molecule has 0 aromatic carbocycles. The summed E-state index contributed by atoms with van der Waals surface area (Å²) in [6, 6.07) is 0. The van der Waals surface area contributed by atoms with Gasteiger partial charge in [0.15, 0.2) is 0 Å². The number of likely N-dealkylation sites (tertiary alicyclic amines) is 1. The monoisotopic (exact) mass is 290 g/mol. The molecule has 0 N–H and O–H groups in total. The number of hydrogen-bond acceptors (Lipinski definition) is 2. The summed E-state index contributed by atoms with van der Waals surface area (Å²) in [6.07, 6.45) is 4.70. The third kappa shape index (κ3) is 1.19. The first-order valence-corrected chi connectivity index (χ1v) is 7.33. The molecule has 2 atom stereocenters. The first-order chi connectivity index (χ1) is 9.50. The van der Waals surface area contributed by atoms with Gasteiger partial charge >= 0.3 is 0 Å². The number of aryl methyl sites for hydroxylation is 2. The van der Waals surface area contributed by atoms with Gasteiger partial charge in [0.25, 0.3) is 0 Å². The highest BCUT2D eigenvalue weighted by Crippen LogP contribution is 2.67. The third-order valence-corrected chi connectivity index (χ3v) is 5.22. The van der Waals surface area contributed by atoms with Crippen molar-refractivity contribution in [2.75, 3.05) is 12.4 Å². The van der Waals surface area contributed by atoms with Crippen LogP contribution >= 0.6 is 11.6 Å². The lowest BCUT2D eigenvalue weighted by Gasteiger charge is -2.28. The zero-order valence-electron chi connectivity index (χ0n) is 11.4. The van der Waals surface area contributed by atoms with Crippen LogP contribution in [-0.4, -0.2) is 33.6 Å². The van der Waals surface area contributed by atoms with Crippen LogP contribution in [0.15, 0.2) is 18.0 Å². The molecule has 1 saturated heterocycles. The number of carbonyl (C=O) groups is 2. The molecule has 20 heavy (non-hydrogen) atoms. The van der Waals surface area contributed by atoms with Crippen LogP contribution < -0.4 is 0 Å². The van der Waals surface area contributed by atoms with Crippen LogP contribution in [0.4, 0.5) is 0 Å². The zero-order chi connectivity index (χ0) is 14.2. The van der Waals surface area contributed by atoms with Crippen molar-refractivity contribution < 1.29 is 9.59 Å². The minimum Gasteiger partial charge on any atom is -0.347 e. The average molecular weight is 291 g/mol. The Morgan fingerprint density at radius 3 is 3.00 bits per heavy atom. The van der Waals surface area contributed by atoms with Gasteiger partial charge in [0.2, 0.25) is 11.7 Å². The second kappa shape index (κ2) is 3.55. The minimum atomic E-state index is -0.102. The highest BCUT2D eigenvalue weighted by Gasteiger charge is 2.68. The predicted molar refractivity (Wildman–Crippen MR) is 74.8 cm³/mol. The Kier molecular flexibility index (Phi) is 2.17. The summed E-state index contributed by atoms with van der Waals surface area (Å²) in [4.78, 5) is 26.1. The highest BCUT2D eigenvalue weighted by molar-refractivity contribution is 6.27. The molecule has 1 aliphatic heterocycles. The quantitative estimate of drug-likeness (QED) is 0.740. The number of ketones is 1. The number of nitrogens with zero attached hydrogens (tertiary/aromatic N) is 2. The minimum absolute atomic E-state index is 0.00357. The highest BCUT2D eigenvalue weighted by atomic mass is 35.5. The van der Waals surface area contributed by atoms with E-state index < -0.39 is 0 Å². The first kappa shape index (κ1) is 12.2. The van der Waals surface area contributed by atoms with E-state index in [1.54, 1.807) is 11.0 Å². The van der Waals surface area contributed by atoms with Crippen molar-refractivity contribution in [3.63, 3.8) is 0 Å². The summed E-state index contributed by atoms with van der Waals surface area (Å²) < 4.78 is 1.91. The van der Waals surface area contributed by atoms with Crippen molar-refractivity contribution >= 4 is 23.3 Å². The third-order valence-electron chi connectivity index (χ3n) is 4.99. The molecular weight excluding hydrogens is 276 g/mol. The van der Waals surface area contributed by atoms with Gasteiger partial charge < -0.3 is 9.47 Å². The summed E-state index contributed by atoms with van der Waals surface area (Å²) >= 11 is 5.69. The molecule has 0 bridgehead atoms. The second-order valence-corrected chi connectivity index (χ2v) is 6.32. The van der Waals surface area contributed by atoms with Gasteiger partial charge in [-0.2, -0.15) is 0 Å². The zero-order valence-corrected chi connectivity index (χ0v) is 12.2. The lowest BCUT2D eigenvalue weighted by atomic mass is 9.83. The molecule has 4 rings (SSSR count). The first-order valence-electron chi connectivity index (χ1n) is 6.80. The number of rotatable bonds is 1. The van der Waals surface area contributed by atoms with Crippen molar-refractivity contribution in [3.8, 4) is 0 Å². The molecule has 1 aromatic rings. The molecule has 0 radical (unpaired) electrons. The van der Waals surface area contributed by atoms with Gasteiger partial charge in [0.05, 0.1) is 5.69 Å². The molecule has 2 aliphatic carbocycles. The Labute approximate surface area is 122 Å². The molecule has 3 aliphatic rings. The summed E-state index contributed by atoms with van der Waals surface area (Å²) in [5, 5.41) is 0. The van der Waals surface area contributed by atoms with Gasteiger partial charge in [-0.05, 0) is 30.4 Å². The number of fused-ring (bicyclic) bond motifs is 1. The van der Waals surface area contributed by atoms with E-state index in [1.807, 2.05) is 24.7 Å². The number of hydrogen-bond donors (Lipinski definition) is 0. The second-order valence-electron chi connectivity index (χ2n) is 6.05. The fourth-order valence-electron chi connectivity index (χ4n) is 4.21. The predicted octanol–water partition coefficient (Wildman–Crippen LogP) is 1.75. The van der Waals surface area contributed by atoms with Gasteiger partial charge in [0, 0.05) is 37.0 Å². The van der Waals surface area contributed by atoms with E-state index in [1.165, 1.54) is 0 Å². The standard InChI is InChI=1S/C15H15ClN2O2/c1-8-6-17(2)14-10(19)3-11-15(13(8)14)4-9(15)7-18(11)12(20)5-16/h3,6,9H,4-5,7H2,1-2H3/t9-,15+/m1/s1. The van der Waals surface area contributed by atoms with Gasteiger partial charge in [-0.3, -0.25) is 9.59 Å². The molecule has 2 heterocycles. The summed E-state index contributed by atoms with van der Waals surface area (Å²) in [5.41, 5.74) is 3.84. The van der Waals surface area contributed by atoms with Crippen molar-refractivity contribution in [3.05, 3.63) is 34.8 Å². The summed E-state index contributed by atoms with van der Waals surface area (Å²) in [7, 11) is 1.91. The molecule has 0 unspecified atom stereocenters. The van der Waals surface area contributed by atoms with Crippen molar-refractivity contribution in [2.24, 2.45) is 13.0 Å². The van der Waals surface area contributed by atoms with E-state index in [9.17, 15) is 9.59 Å². The van der Waals surface area contributed by atoms with E-state index in [0.29, 0.717) is 12.5 Å². The number of aromatic nitrogens is 1. The van der Waals surface area contributed by atoms with Crippen molar-refractivity contribution in [1.82, 2.24) is 9.47 Å². The average Bonchev–Trinajstić information content (AvgIpc) is 2.89. The molecule has 1 amide bonds. The molecular formula is C15H15ClN2O2. The number of alkyl halides is 1. The van der Waals surface area contributed by atoms with Crippen molar-refractivity contribution in [2.45, 2.75) is 18.8 Å². The number of allylic oxidation sites excluding steroid dienone is 2. The fourth-order valence-corrected chi connectivity index (χ4v) is 4.35. The summed E-state index contributed by atoms with van der Waals surface area (Å²) in [5.74, 6) is 0.300. The van der Waals surface area contributed by atoms with E-state index in [-0.39, 0.29) is 23.0 Å². The topological polar surface area (TPSA) is 42.3 Å². The van der Waals surface area contributed by atoms with Crippen LogP contribution in [0.2, 0.25) is 0 Å². The van der Waals surface area contributed by atoms with Crippen LogP contribution in [0, 0.1) is 12.8 Å². The van der Waals surface area contributed by atoms with Gasteiger partial charge in [0.1, 0.15) is 5.88 Å². The van der Waals surface area contributed by atoms with Crippen LogP contribution in [0.5, 0.6) is 0 Å². The number of carbonyl (C=O) groups excluding carboxylic acids is 2. The Balaban J connectivity index is 1.92. The van der Waals surface area contributed by atoms with Crippen LogP contribution in [-0.2, 0) is 17.3 Å². The molecule has 1 aromatic heterocycles. The van der Waals surface area contributed by atoms with E-state index >= 15 is 0 Å². The molecule has 5 heteroatoms. The molecule has 1 saturated carbocycles.